The van der Waals surface area contributed by atoms with E-state index in [0.717, 1.165) is 36.5 Å². The van der Waals surface area contributed by atoms with Crippen LogP contribution < -0.4 is 4.90 Å². The minimum Gasteiger partial charge on any atom is -0.478 e. The van der Waals surface area contributed by atoms with Crippen LogP contribution in [0.1, 0.15) is 27.2 Å². The molecule has 0 aliphatic carbocycles. The molecule has 4 heteroatoms. The first-order chi connectivity index (χ1) is 9.63. The Morgan fingerprint density at radius 2 is 2.10 bits per heavy atom. The van der Waals surface area contributed by atoms with Gasteiger partial charge in [0.2, 0.25) is 0 Å². The van der Waals surface area contributed by atoms with Gasteiger partial charge in [-0.3, -0.25) is 4.98 Å². The number of carboxylic acids is 1. The van der Waals surface area contributed by atoms with E-state index in [4.69, 9.17) is 5.11 Å². The van der Waals surface area contributed by atoms with Gasteiger partial charge < -0.3 is 10.0 Å². The highest BCUT2D eigenvalue weighted by Gasteiger charge is 2.18. The molecule has 0 spiro atoms. The van der Waals surface area contributed by atoms with Gasteiger partial charge in [0.25, 0.3) is 0 Å². The van der Waals surface area contributed by atoms with E-state index in [-0.39, 0.29) is 0 Å². The molecule has 1 N–H and O–H groups in total. The van der Waals surface area contributed by atoms with Gasteiger partial charge in [0.1, 0.15) is 0 Å². The molecule has 0 atom stereocenters. The molecule has 0 bridgehead atoms. The van der Waals surface area contributed by atoms with Crippen molar-refractivity contribution >= 4 is 11.7 Å². The second kappa shape index (κ2) is 4.96. The number of aromatic carboxylic acids is 1. The molecular weight excluding hydrogens is 252 g/mol. The Labute approximate surface area is 117 Å². The Kier molecular flexibility index (Phi) is 3.14. The zero-order chi connectivity index (χ0) is 14.1. The molecule has 0 radical (unpaired) electrons. The molecule has 3 rings (SSSR count). The summed E-state index contributed by atoms with van der Waals surface area (Å²) in [5, 5.41) is 9.08. The number of carbonyl (C=O) groups is 1. The predicted molar refractivity (Wildman–Crippen MR) is 77.1 cm³/mol. The van der Waals surface area contributed by atoms with Crippen molar-refractivity contribution in [3.8, 4) is 0 Å². The average Bonchev–Trinajstić information content (AvgIpc) is 2.46. The molecule has 0 saturated carbocycles. The van der Waals surface area contributed by atoms with E-state index in [0.29, 0.717) is 5.56 Å². The van der Waals surface area contributed by atoms with Crippen LogP contribution in [0.3, 0.4) is 0 Å². The van der Waals surface area contributed by atoms with E-state index >= 15 is 0 Å². The number of pyridine rings is 1. The van der Waals surface area contributed by atoms with Crippen LogP contribution in [0.4, 0.5) is 5.69 Å². The number of fused-ring (bicyclic) bond motifs is 1. The molecule has 102 valence electrons. The highest BCUT2D eigenvalue weighted by atomic mass is 16.4. The lowest BCUT2D eigenvalue weighted by atomic mass is 9.97. The Balaban J connectivity index is 1.91. The highest BCUT2D eigenvalue weighted by molar-refractivity contribution is 5.88. The number of hydrogen-bond acceptors (Lipinski definition) is 3. The van der Waals surface area contributed by atoms with Crippen molar-refractivity contribution < 1.29 is 9.90 Å². The summed E-state index contributed by atoms with van der Waals surface area (Å²) >= 11 is 0. The fourth-order valence-electron chi connectivity index (χ4n) is 2.64. The number of benzene rings is 1. The molecule has 20 heavy (non-hydrogen) atoms. The third kappa shape index (κ3) is 2.37. The van der Waals surface area contributed by atoms with Gasteiger partial charge in [-0.05, 0) is 48.7 Å². The van der Waals surface area contributed by atoms with Gasteiger partial charge in [0.15, 0.2) is 0 Å². The predicted octanol–water partition coefficient (Wildman–Crippen LogP) is 2.65. The second-order valence-electron chi connectivity index (χ2n) is 5.12. The van der Waals surface area contributed by atoms with Crippen molar-refractivity contribution in [3.63, 3.8) is 0 Å². The highest BCUT2D eigenvalue weighted by Crippen LogP contribution is 2.25. The average molecular weight is 268 g/mol. The molecular formula is C16H16N2O2. The Morgan fingerprint density at radius 1 is 1.25 bits per heavy atom. The summed E-state index contributed by atoms with van der Waals surface area (Å²) in [6.45, 7) is 3.67. The van der Waals surface area contributed by atoms with Crippen molar-refractivity contribution in [2.24, 2.45) is 0 Å². The van der Waals surface area contributed by atoms with Crippen LogP contribution in [-0.4, -0.2) is 22.6 Å². The van der Waals surface area contributed by atoms with Crippen LogP contribution >= 0.6 is 0 Å². The summed E-state index contributed by atoms with van der Waals surface area (Å²) in [6.07, 6.45) is 2.75. The molecule has 0 unspecified atom stereocenters. The van der Waals surface area contributed by atoms with E-state index < -0.39 is 5.97 Å². The first-order valence-electron chi connectivity index (χ1n) is 6.66. The summed E-state index contributed by atoms with van der Waals surface area (Å²) < 4.78 is 0. The van der Waals surface area contributed by atoms with Crippen LogP contribution in [0.2, 0.25) is 0 Å². The number of aromatic nitrogens is 1. The largest absolute Gasteiger partial charge is 0.478 e. The number of rotatable bonds is 2. The summed E-state index contributed by atoms with van der Waals surface area (Å²) in [7, 11) is 0. The fourth-order valence-corrected chi connectivity index (χ4v) is 2.64. The topological polar surface area (TPSA) is 53.4 Å². The second-order valence-corrected chi connectivity index (χ2v) is 5.12. The lowest BCUT2D eigenvalue weighted by Crippen LogP contribution is -2.30. The van der Waals surface area contributed by atoms with Crippen molar-refractivity contribution in [1.29, 1.82) is 0 Å². The lowest BCUT2D eigenvalue weighted by Gasteiger charge is -2.31. The quantitative estimate of drug-likeness (QED) is 0.909. The fraction of sp³-hybridized carbons (Fsp3) is 0.250. The molecule has 0 amide bonds. The molecule has 0 saturated heterocycles. The van der Waals surface area contributed by atoms with Crippen LogP contribution in [0, 0.1) is 6.92 Å². The van der Waals surface area contributed by atoms with Crippen molar-refractivity contribution in [3.05, 3.63) is 58.9 Å². The van der Waals surface area contributed by atoms with Crippen LogP contribution in [-0.2, 0) is 13.0 Å². The maximum Gasteiger partial charge on any atom is 0.335 e. The normalized spacial score (nSPS) is 13.9. The lowest BCUT2D eigenvalue weighted by molar-refractivity contribution is 0.0696. The van der Waals surface area contributed by atoms with Crippen LogP contribution in [0.5, 0.6) is 0 Å². The van der Waals surface area contributed by atoms with Gasteiger partial charge in [0, 0.05) is 30.7 Å². The van der Waals surface area contributed by atoms with Crippen molar-refractivity contribution in [1.82, 2.24) is 4.98 Å². The Hall–Kier alpha value is -2.36. The number of carboxylic acid groups (broad SMARTS) is 1. The minimum absolute atomic E-state index is 0.358. The van der Waals surface area contributed by atoms with E-state index in [1.54, 1.807) is 12.1 Å². The number of nitrogens with zero attached hydrogens (tertiary/aromatic N) is 2. The van der Waals surface area contributed by atoms with Gasteiger partial charge in [-0.15, -0.1) is 0 Å². The van der Waals surface area contributed by atoms with Crippen molar-refractivity contribution in [2.75, 3.05) is 11.4 Å². The molecule has 2 aromatic rings. The molecule has 1 aliphatic rings. The number of anilines is 1. The summed E-state index contributed by atoms with van der Waals surface area (Å²) in [5.74, 6) is -0.871. The Bertz CT molecular complexity index is 667. The van der Waals surface area contributed by atoms with Crippen LogP contribution in [0.25, 0.3) is 0 Å². The number of hydrogen-bond donors (Lipinski definition) is 1. The summed E-state index contributed by atoms with van der Waals surface area (Å²) in [5.41, 5.74) is 4.84. The Morgan fingerprint density at radius 3 is 2.85 bits per heavy atom. The van der Waals surface area contributed by atoms with Gasteiger partial charge in [0.05, 0.1) is 5.56 Å². The van der Waals surface area contributed by atoms with Crippen LogP contribution in [0.15, 0.2) is 36.5 Å². The van der Waals surface area contributed by atoms with E-state index in [2.05, 4.69) is 16.0 Å². The third-order valence-corrected chi connectivity index (χ3v) is 3.71. The van der Waals surface area contributed by atoms with Gasteiger partial charge in [-0.25, -0.2) is 4.79 Å². The zero-order valence-electron chi connectivity index (χ0n) is 11.3. The maximum absolute atomic E-state index is 11.1. The summed E-state index contributed by atoms with van der Waals surface area (Å²) in [6, 6.07) is 9.48. The van der Waals surface area contributed by atoms with Gasteiger partial charge >= 0.3 is 5.97 Å². The molecule has 1 aromatic heterocycles. The molecule has 1 aliphatic heterocycles. The van der Waals surface area contributed by atoms with E-state index in [1.807, 2.05) is 25.3 Å². The van der Waals surface area contributed by atoms with Gasteiger partial charge in [-0.1, -0.05) is 6.07 Å². The molecule has 1 aromatic carbocycles. The molecule has 0 fully saturated rings. The minimum atomic E-state index is -0.871. The van der Waals surface area contributed by atoms with Gasteiger partial charge in [-0.2, -0.15) is 0 Å². The smallest absolute Gasteiger partial charge is 0.335 e. The zero-order valence-corrected chi connectivity index (χ0v) is 11.3. The van der Waals surface area contributed by atoms with Crippen molar-refractivity contribution in [2.45, 2.75) is 19.9 Å². The summed E-state index contributed by atoms with van der Waals surface area (Å²) in [4.78, 5) is 17.5. The number of aryl methyl sites for hydroxylation is 1. The van der Waals surface area contributed by atoms with E-state index in [9.17, 15) is 4.79 Å². The third-order valence-electron chi connectivity index (χ3n) is 3.71. The standard InChI is InChI=1S/C16H16N2O2/c1-11-8-15(4-6-17-11)18-7-5-12-2-3-13(16(19)20)9-14(12)10-18/h2-4,6,8-9H,5,7,10H2,1H3,(H,19,20). The molecule has 2 heterocycles. The SMILES string of the molecule is Cc1cc(N2CCc3ccc(C(=O)O)cc3C2)ccn1. The maximum atomic E-state index is 11.1. The first kappa shape index (κ1) is 12.7. The monoisotopic (exact) mass is 268 g/mol. The van der Waals surface area contributed by atoms with E-state index in [1.165, 1.54) is 5.56 Å². The molecule has 4 nitrogen and oxygen atoms in total. The first-order valence-corrected chi connectivity index (χ1v) is 6.66.